The van der Waals surface area contributed by atoms with Crippen molar-refractivity contribution in [2.75, 3.05) is 6.26 Å². The zero-order valence-electron chi connectivity index (χ0n) is 12.4. The minimum absolute atomic E-state index is 0.199. The fourth-order valence-electron chi connectivity index (χ4n) is 1.73. The molecular formula is C15H15ClN4OS. The second kappa shape index (κ2) is 7.34. The fourth-order valence-corrected chi connectivity index (χ4v) is 2.55. The highest BCUT2D eigenvalue weighted by atomic mass is 35.5. The van der Waals surface area contributed by atoms with Gasteiger partial charge in [-0.1, -0.05) is 16.8 Å². The number of aromatic nitrogens is 2. The fraction of sp³-hybridized carbons (Fsp3) is 0.267. The van der Waals surface area contributed by atoms with Crippen LogP contribution in [-0.4, -0.2) is 22.4 Å². The lowest BCUT2D eigenvalue weighted by Crippen LogP contribution is -2.21. The van der Waals surface area contributed by atoms with Crippen molar-refractivity contribution >= 4 is 28.9 Å². The summed E-state index contributed by atoms with van der Waals surface area (Å²) in [6, 6.07) is 9.43. The topological polar surface area (TPSA) is 74.7 Å². The molecule has 0 spiro atoms. The Morgan fingerprint density at radius 3 is 2.59 bits per heavy atom. The largest absolute Gasteiger partial charge is 0.376 e. The van der Waals surface area contributed by atoms with Gasteiger partial charge in [-0.2, -0.15) is 10.2 Å². The molecule has 2 rings (SSSR count). The van der Waals surface area contributed by atoms with Crippen molar-refractivity contribution in [3.63, 3.8) is 0 Å². The van der Waals surface area contributed by atoms with Crippen LogP contribution in [0.3, 0.4) is 0 Å². The molecule has 5 nitrogen and oxygen atoms in total. The maximum absolute atomic E-state index is 9.40. The first kappa shape index (κ1) is 16.4. The molecule has 1 aromatic heterocycles. The highest BCUT2D eigenvalue weighted by Gasteiger charge is 2.17. The zero-order chi connectivity index (χ0) is 16.1. The second-order valence-electron chi connectivity index (χ2n) is 4.75. The van der Waals surface area contributed by atoms with E-state index in [1.54, 1.807) is 24.3 Å². The molecule has 0 amide bonds. The molecule has 0 saturated carbocycles. The van der Waals surface area contributed by atoms with Gasteiger partial charge < -0.3 is 9.84 Å². The van der Waals surface area contributed by atoms with Crippen molar-refractivity contribution in [1.82, 2.24) is 15.5 Å². The molecule has 0 aliphatic rings. The maximum atomic E-state index is 9.40. The van der Waals surface area contributed by atoms with Gasteiger partial charge in [0.1, 0.15) is 11.6 Å². The Balaban J connectivity index is 2.38. The van der Waals surface area contributed by atoms with Crippen LogP contribution >= 0.6 is 23.4 Å². The predicted octanol–water partition coefficient (Wildman–Crippen LogP) is 3.94. The Morgan fingerprint density at radius 2 is 2.05 bits per heavy atom. The summed E-state index contributed by atoms with van der Waals surface area (Å²) in [5.74, 6) is 0.620. The van der Waals surface area contributed by atoms with Gasteiger partial charge in [0.05, 0.1) is 5.03 Å². The number of nitrogens with one attached hydrogen (secondary N) is 1. The van der Waals surface area contributed by atoms with E-state index in [-0.39, 0.29) is 11.9 Å². The third kappa shape index (κ3) is 3.81. The van der Waals surface area contributed by atoms with Crippen LogP contribution in [0, 0.1) is 11.3 Å². The minimum Gasteiger partial charge on any atom is -0.376 e. The van der Waals surface area contributed by atoms with Crippen LogP contribution in [0.15, 0.2) is 33.8 Å². The van der Waals surface area contributed by atoms with Crippen molar-refractivity contribution in [3.05, 3.63) is 40.2 Å². The van der Waals surface area contributed by atoms with Gasteiger partial charge >= 0.3 is 0 Å². The molecule has 2 aromatic rings. The molecule has 1 heterocycles. The van der Waals surface area contributed by atoms with E-state index in [2.05, 4.69) is 21.5 Å². The summed E-state index contributed by atoms with van der Waals surface area (Å²) in [5.41, 5.74) is 1.12. The van der Waals surface area contributed by atoms with E-state index < -0.39 is 0 Å². The van der Waals surface area contributed by atoms with Crippen molar-refractivity contribution in [2.24, 2.45) is 0 Å². The Bertz CT molecular complexity index is 716. The van der Waals surface area contributed by atoms with Gasteiger partial charge in [0.25, 0.3) is 5.89 Å². The first-order valence-electron chi connectivity index (χ1n) is 6.60. The predicted molar refractivity (Wildman–Crippen MR) is 89.1 cm³/mol. The van der Waals surface area contributed by atoms with Crippen LogP contribution < -0.4 is 5.32 Å². The second-order valence-corrected chi connectivity index (χ2v) is 6.00. The quantitative estimate of drug-likeness (QED) is 0.835. The maximum Gasteiger partial charge on any atom is 0.271 e. The van der Waals surface area contributed by atoms with Crippen LogP contribution in [0.2, 0.25) is 5.02 Å². The van der Waals surface area contributed by atoms with Gasteiger partial charge in [-0.25, -0.2) is 0 Å². The average Bonchev–Trinajstić information content (AvgIpc) is 2.97. The number of benzene rings is 1. The molecule has 0 saturated heterocycles. The number of nitriles is 1. The standard InChI is InChI=1S/C15H15ClN4OS/c1-9(2)18-15(22-3)12(8-17)14-19-13(20-21-14)10-4-6-11(16)7-5-10/h4-7,9,18H,1-3H3/b15-12-. The number of rotatable bonds is 5. The zero-order valence-corrected chi connectivity index (χ0v) is 14.0. The summed E-state index contributed by atoms with van der Waals surface area (Å²) in [6.07, 6.45) is 1.89. The molecular weight excluding hydrogens is 320 g/mol. The smallest absolute Gasteiger partial charge is 0.271 e. The summed E-state index contributed by atoms with van der Waals surface area (Å²) in [6.45, 7) is 4.00. The van der Waals surface area contributed by atoms with E-state index >= 15 is 0 Å². The van der Waals surface area contributed by atoms with E-state index in [1.807, 2.05) is 20.1 Å². The molecule has 0 unspecified atom stereocenters. The Kier molecular flexibility index (Phi) is 5.47. The van der Waals surface area contributed by atoms with E-state index in [0.717, 1.165) is 5.56 Å². The number of allylic oxidation sites excluding steroid dienone is 1. The number of nitrogens with zero attached hydrogens (tertiary/aromatic N) is 3. The summed E-state index contributed by atoms with van der Waals surface area (Å²) >= 11 is 7.29. The number of halogens is 1. The molecule has 7 heteroatoms. The van der Waals surface area contributed by atoms with Gasteiger partial charge in [-0.15, -0.1) is 11.8 Å². The number of hydrogen-bond donors (Lipinski definition) is 1. The summed E-state index contributed by atoms with van der Waals surface area (Å²) < 4.78 is 5.24. The molecule has 0 aliphatic carbocycles. The molecule has 1 aromatic carbocycles. The van der Waals surface area contributed by atoms with Crippen molar-refractivity contribution in [1.29, 1.82) is 5.26 Å². The number of hydrogen-bond acceptors (Lipinski definition) is 6. The molecule has 22 heavy (non-hydrogen) atoms. The van der Waals surface area contributed by atoms with Gasteiger partial charge in [0.15, 0.2) is 0 Å². The molecule has 0 radical (unpaired) electrons. The van der Waals surface area contributed by atoms with Crippen molar-refractivity contribution in [3.8, 4) is 17.5 Å². The normalized spacial score (nSPS) is 12.0. The molecule has 0 aliphatic heterocycles. The summed E-state index contributed by atoms with van der Waals surface area (Å²) in [5, 5.41) is 17.9. The van der Waals surface area contributed by atoms with Gasteiger partial charge in [-0.3, -0.25) is 0 Å². The highest BCUT2D eigenvalue weighted by molar-refractivity contribution is 8.02. The third-order valence-corrected chi connectivity index (χ3v) is 3.69. The first-order chi connectivity index (χ1) is 10.5. The molecule has 0 fully saturated rings. The lowest BCUT2D eigenvalue weighted by molar-refractivity contribution is 0.409. The van der Waals surface area contributed by atoms with E-state index in [9.17, 15) is 5.26 Å². The Hall–Kier alpha value is -1.97. The van der Waals surface area contributed by atoms with Crippen LogP contribution in [0.1, 0.15) is 19.7 Å². The summed E-state index contributed by atoms with van der Waals surface area (Å²) in [4.78, 5) is 4.30. The van der Waals surface area contributed by atoms with Crippen molar-refractivity contribution in [2.45, 2.75) is 19.9 Å². The van der Waals surface area contributed by atoms with E-state index in [1.165, 1.54) is 11.8 Å². The molecule has 0 atom stereocenters. The van der Waals surface area contributed by atoms with Gasteiger partial charge in [-0.05, 0) is 44.4 Å². The SMILES string of the molecule is CS/C(NC(C)C)=C(/C#N)c1nc(-c2ccc(Cl)cc2)no1. The molecule has 0 bridgehead atoms. The van der Waals surface area contributed by atoms with Crippen LogP contribution in [-0.2, 0) is 0 Å². The van der Waals surface area contributed by atoms with Crippen LogP contribution in [0.25, 0.3) is 17.0 Å². The minimum atomic E-state index is 0.199. The Morgan fingerprint density at radius 1 is 1.36 bits per heavy atom. The lowest BCUT2D eigenvalue weighted by atomic mass is 10.2. The third-order valence-electron chi connectivity index (χ3n) is 2.71. The average molecular weight is 335 g/mol. The van der Waals surface area contributed by atoms with Gasteiger partial charge in [0, 0.05) is 16.6 Å². The first-order valence-corrected chi connectivity index (χ1v) is 8.20. The van der Waals surface area contributed by atoms with E-state index in [0.29, 0.717) is 21.4 Å². The lowest BCUT2D eigenvalue weighted by Gasteiger charge is -2.12. The van der Waals surface area contributed by atoms with Crippen LogP contribution in [0.4, 0.5) is 0 Å². The molecule has 1 N–H and O–H groups in total. The molecule has 114 valence electrons. The summed E-state index contributed by atoms with van der Waals surface area (Å²) in [7, 11) is 0. The van der Waals surface area contributed by atoms with Gasteiger partial charge in [0.2, 0.25) is 5.82 Å². The Labute approximate surface area is 138 Å². The number of thioether (sulfide) groups is 1. The van der Waals surface area contributed by atoms with Crippen LogP contribution in [0.5, 0.6) is 0 Å². The van der Waals surface area contributed by atoms with Crippen molar-refractivity contribution < 1.29 is 4.52 Å². The monoisotopic (exact) mass is 334 g/mol. The van der Waals surface area contributed by atoms with E-state index in [4.69, 9.17) is 16.1 Å². The highest BCUT2D eigenvalue weighted by Crippen LogP contribution is 2.25.